The van der Waals surface area contributed by atoms with Gasteiger partial charge in [0.15, 0.2) is 0 Å². The Morgan fingerprint density at radius 2 is 1.70 bits per heavy atom. The van der Waals surface area contributed by atoms with Crippen LogP contribution in [0.3, 0.4) is 0 Å². The smallest absolute Gasteiger partial charge is 0.247 e. The molecule has 0 heterocycles. The monoisotopic (exact) mass is 388 g/mol. The minimum atomic E-state index is -0.789. The number of halogens is 1. The number of nitrogens with one attached hydrogen (secondary N) is 1. The van der Waals surface area contributed by atoms with Gasteiger partial charge in [0, 0.05) is 24.0 Å². The summed E-state index contributed by atoms with van der Waals surface area (Å²) in [7, 11) is 0. The van der Waals surface area contributed by atoms with E-state index in [0.717, 1.165) is 11.1 Å². The highest BCUT2D eigenvalue weighted by Gasteiger charge is 2.32. The first-order valence-electron chi connectivity index (χ1n) is 8.92. The highest BCUT2D eigenvalue weighted by Crippen LogP contribution is 2.26. The van der Waals surface area contributed by atoms with E-state index in [4.69, 9.17) is 16.7 Å². The summed E-state index contributed by atoms with van der Waals surface area (Å²) in [4.78, 5) is 27.4. The standard InChI is InChI=1S/C21H25ClN2O3/c1-15(2)21(27)24(14-16-8-10-18(22)11-9-16)19(20(26)23-12-13-25)17-6-4-3-5-7-17/h3-11,15,19,25H,12-14H2,1-2H3,(H,23,26). The maximum Gasteiger partial charge on any atom is 0.247 e. The number of benzene rings is 2. The van der Waals surface area contributed by atoms with Crippen LogP contribution in [0.4, 0.5) is 0 Å². The average Bonchev–Trinajstić information content (AvgIpc) is 2.67. The fraction of sp³-hybridized carbons (Fsp3) is 0.333. The summed E-state index contributed by atoms with van der Waals surface area (Å²) >= 11 is 5.96. The molecule has 0 aliphatic heterocycles. The number of nitrogens with zero attached hydrogens (tertiary/aromatic N) is 1. The minimum Gasteiger partial charge on any atom is -0.395 e. The van der Waals surface area contributed by atoms with E-state index in [-0.39, 0.29) is 37.4 Å². The van der Waals surface area contributed by atoms with E-state index in [2.05, 4.69) is 5.32 Å². The molecule has 0 aromatic heterocycles. The number of aliphatic hydroxyl groups excluding tert-OH is 1. The van der Waals surface area contributed by atoms with Crippen molar-refractivity contribution in [3.8, 4) is 0 Å². The topological polar surface area (TPSA) is 69.6 Å². The lowest BCUT2D eigenvalue weighted by Gasteiger charge is -2.33. The Hall–Kier alpha value is -2.37. The van der Waals surface area contributed by atoms with Gasteiger partial charge in [-0.2, -0.15) is 0 Å². The van der Waals surface area contributed by atoms with Crippen LogP contribution in [0.15, 0.2) is 54.6 Å². The number of carbonyl (C=O) groups excluding carboxylic acids is 2. The first kappa shape index (κ1) is 20.9. The summed E-state index contributed by atoms with van der Waals surface area (Å²) in [6.07, 6.45) is 0. The van der Waals surface area contributed by atoms with Crippen molar-refractivity contribution in [2.24, 2.45) is 5.92 Å². The molecule has 0 radical (unpaired) electrons. The predicted octanol–water partition coefficient (Wildman–Crippen LogP) is 3.17. The molecule has 2 aromatic rings. The molecule has 1 unspecified atom stereocenters. The Morgan fingerprint density at radius 3 is 2.26 bits per heavy atom. The van der Waals surface area contributed by atoms with E-state index in [1.807, 2.05) is 56.3 Å². The van der Waals surface area contributed by atoms with Gasteiger partial charge in [-0.15, -0.1) is 0 Å². The van der Waals surface area contributed by atoms with Crippen molar-refractivity contribution < 1.29 is 14.7 Å². The molecule has 0 fully saturated rings. The molecule has 2 aromatic carbocycles. The van der Waals surface area contributed by atoms with Gasteiger partial charge in [-0.25, -0.2) is 0 Å². The van der Waals surface area contributed by atoms with Crippen LogP contribution in [-0.4, -0.2) is 35.0 Å². The quantitative estimate of drug-likeness (QED) is 0.729. The van der Waals surface area contributed by atoms with Gasteiger partial charge in [-0.05, 0) is 23.3 Å². The second-order valence-electron chi connectivity index (χ2n) is 6.58. The van der Waals surface area contributed by atoms with Gasteiger partial charge in [-0.1, -0.05) is 67.9 Å². The van der Waals surface area contributed by atoms with E-state index in [1.54, 1.807) is 17.0 Å². The Bertz CT molecular complexity index is 748. The molecule has 0 aliphatic rings. The normalized spacial score (nSPS) is 11.9. The van der Waals surface area contributed by atoms with Crippen molar-refractivity contribution >= 4 is 23.4 Å². The van der Waals surface area contributed by atoms with Crippen molar-refractivity contribution in [1.29, 1.82) is 0 Å². The molecule has 1 atom stereocenters. The third-order valence-corrected chi connectivity index (χ3v) is 4.38. The number of aliphatic hydroxyl groups is 1. The van der Waals surface area contributed by atoms with Crippen LogP contribution in [0.25, 0.3) is 0 Å². The minimum absolute atomic E-state index is 0.127. The largest absolute Gasteiger partial charge is 0.395 e. The lowest BCUT2D eigenvalue weighted by Crippen LogP contribution is -2.45. The molecule has 2 amide bonds. The summed E-state index contributed by atoms with van der Waals surface area (Å²) < 4.78 is 0. The summed E-state index contributed by atoms with van der Waals surface area (Å²) in [5.41, 5.74) is 1.60. The zero-order valence-corrected chi connectivity index (χ0v) is 16.3. The van der Waals surface area contributed by atoms with E-state index < -0.39 is 6.04 Å². The molecule has 0 saturated carbocycles. The summed E-state index contributed by atoms with van der Waals surface area (Å²) in [6.45, 7) is 3.87. The van der Waals surface area contributed by atoms with E-state index in [1.165, 1.54) is 0 Å². The summed E-state index contributed by atoms with van der Waals surface area (Å²) in [6, 6.07) is 15.6. The van der Waals surface area contributed by atoms with E-state index >= 15 is 0 Å². The lowest BCUT2D eigenvalue weighted by molar-refractivity contribution is -0.144. The molecule has 0 aliphatic carbocycles. The van der Waals surface area contributed by atoms with Gasteiger partial charge >= 0.3 is 0 Å². The first-order chi connectivity index (χ1) is 12.9. The number of carbonyl (C=O) groups is 2. The molecule has 27 heavy (non-hydrogen) atoms. The number of rotatable bonds is 8. The molecule has 6 heteroatoms. The van der Waals surface area contributed by atoms with Crippen LogP contribution in [0, 0.1) is 5.92 Å². The van der Waals surface area contributed by atoms with E-state index in [9.17, 15) is 9.59 Å². The molecular formula is C21H25ClN2O3. The average molecular weight is 389 g/mol. The third-order valence-electron chi connectivity index (χ3n) is 4.13. The van der Waals surface area contributed by atoms with Crippen molar-refractivity contribution in [2.75, 3.05) is 13.2 Å². The SMILES string of the molecule is CC(C)C(=O)N(Cc1ccc(Cl)cc1)C(C(=O)NCCO)c1ccccc1. The van der Waals surface area contributed by atoms with Gasteiger partial charge < -0.3 is 15.3 Å². The Kier molecular flexibility index (Phi) is 7.82. The van der Waals surface area contributed by atoms with Crippen LogP contribution >= 0.6 is 11.6 Å². The Labute approximate surface area is 165 Å². The third kappa shape index (κ3) is 5.81. The Morgan fingerprint density at radius 1 is 1.07 bits per heavy atom. The van der Waals surface area contributed by atoms with Crippen LogP contribution in [0.5, 0.6) is 0 Å². The molecule has 0 spiro atoms. The maximum atomic E-state index is 13.0. The molecule has 2 N–H and O–H groups in total. The van der Waals surface area contributed by atoms with Crippen LogP contribution in [0.1, 0.15) is 31.0 Å². The van der Waals surface area contributed by atoms with Crippen molar-refractivity contribution in [1.82, 2.24) is 10.2 Å². The van der Waals surface area contributed by atoms with Crippen molar-refractivity contribution in [3.63, 3.8) is 0 Å². The number of amides is 2. The number of hydrogen-bond acceptors (Lipinski definition) is 3. The molecule has 5 nitrogen and oxygen atoms in total. The van der Waals surface area contributed by atoms with Gasteiger partial charge in [-0.3, -0.25) is 9.59 Å². The second-order valence-corrected chi connectivity index (χ2v) is 7.01. The number of hydrogen-bond donors (Lipinski definition) is 2. The second kappa shape index (κ2) is 10.1. The lowest BCUT2D eigenvalue weighted by atomic mass is 10.0. The predicted molar refractivity (Wildman–Crippen MR) is 106 cm³/mol. The summed E-state index contributed by atoms with van der Waals surface area (Å²) in [5.74, 6) is -0.717. The fourth-order valence-electron chi connectivity index (χ4n) is 2.80. The van der Waals surface area contributed by atoms with Gasteiger partial charge in [0.2, 0.25) is 11.8 Å². The zero-order chi connectivity index (χ0) is 19.8. The van der Waals surface area contributed by atoms with Crippen LogP contribution in [0.2, 0.25) is 5.02 Å². The highest BCUT2D eigenvalue weighted by atomic mass is 35.5. The molecule has 0 bridgehead atoms. The van der Waals surface area contributed by atoms with E-state index in [0.29, 0.717) is 5.02 Å². The van der Waals surface area contributed by atoms with Gasteiger partial charge in [0.05, 0.1) is 6.61 Å². The summed E-state index contributed by atoms with van der Waals surface area (Å²) in [5, 5.41) is 12.4. The first-order valence-corrected chi connectivity index (χ1v) is 9.30. The van der Waals surface area contributed by atoms with Gasteiger partial charge in [0.1, 0.15) is 6.04 Å². The Balaban J connectivity index is 2.43. The van der Waals surface area contributed by atoms with Crippen LogP contribution < -0.4 is 5.32 Å². The van der Waals surface area contributed by atoms with Crippen LogP contribution in [-0.2, 0) is 16.1 Å². The molecule has 0 saturated heterocycles. The fourth-order valence-corrected chi connectivity index (χ4v) is 2.92. The van der Waals surface area contributed by atoms with Gasteiger partial charge in [0.25, 0.3) is 0 Å². The zero-order valence-electron chi connectivity index (χ0n) is 15.6. The molecular weight excluding hydrogens is 364 g/mol. The molecule has 144 valence electrons. The molecule has 2 rings (SSSR count). The maximum absolute atomic E-state index is 13.0. The van der Waals surface area contributed by atoms with Crippen molar-refractivity contribution in [2.45, 2.75) is 26.4 Å². The highest BCUT2D eigenvalue weighted by molar-refractivity contribution is 6.30. The van der Waals surface area contributed by atoms with Crippen molar-refractivity contribution in [3.05, 3.63) is 70.7 Å².